The van der Waals surface area contributed by atoms with Crippen LogP contribution < -0.4 is 16.4 Å². The molecule has 2 unspecified atom stereocenters. The fourth-order valence-electron chi connectivity index (χ4n) is 9.17. The first kappa shape index (κ1) is 71.8. The second kappa shape index (κ2) is 38.5. The Morgan fingerprint density at radius 3 is 1.79 bits per heavy atom. The lowest BCUT2D eigenvalue weighted by molar-refractivity contribution is -0.137. The molecule has 1 saturated heterocycles. The third-order valence-corrected chi connectivity index (χ3v) is 17.8. The van der Waals surface area contributed by atoms with Crippen LogP contribution in [0.15, 0.2) is 12.7 Å². The maximum Gasteiger partial charge on any atom is 0.481 e. The Morgan fingerprint density at radius 2 is 1.26 bits per heavy atom. The van der Waals surface area contributed by atoms with Gasteiger partial charge in [0.2, 0.25) is 11.8 Å². The lowest BCUT2D eigenvalue weighted by atomic mass is 9.87. The Balaban J connectivity index is 1.18. The minimum absolute atomic E-state index is 0.0277. The molecule has 0 bridgehead atoms. The number of phosphoric acid groups is 3. The van der Waals surface area contributed by atoms with Gasteiger partial charge in [0, 0.05) is 37.1 Å². The highest BCUT2D eigenvalue weighted by Gasteiger charge is 2.50. The smallest absolute Gasteiger partial charge is 0.393 e. The number of thioether (sulfide) groups is 1. The average molecular weight is 1220 g/mol. The minimum Gasteiger partial charge on any atom is -0.393 e. The van der Waals surface area contributed by atoms with Gasteiger partial charge in [-0.2, -0.15) is 4.31 Å². The van der Waals surface area contributed by atoms with E-state index in [0.717, 1.165) is 48.2 Å². The van der Waals surface area contributed by atoms with Crippen molar-refractivity contribution in [3.05, 3.63) is 12.7 Å². The molecule has 0 spiro atoms. The van der Waals surface area contributed by atoms with Crippen LogP contribution in [-0.4, -0.2) is 134 Å². The van der Waals surface area contributed by atoms with E-state index < -0.39 is 90.7 Å². The van der Waals surface area contributed by atoms with E-state index in [0.29, 0.717) is 6.42 Å². The van der Waals surface area contributed by atoms with Crippen molar-refractivity contribution in [1.82, 2.24) is 30.2 Å². The van der Waals surface area contributed by atoms with Gasteiger partial charge in [0.15, 0.2) is 22.8 Å². The summed E-state index contributed by atoms with van der Waals surface area (Å²) in [7, 11) is -16.5. The summed E-state index contributed by atoms with van der Waals surface area (Å²) in [6.45, 7) is 2.69. The highest BCUT2D eigenvalue weighted by Crippen LogP contribution is 2.61. The van der Waals surface area contributed by atoms with Crippen LogP contribution in [0.1, 0.15) is 207 Å². The summed E-state index contributed by atoms with van der Waals surface area (Å²) < 4.78 is 62.6. The zero-order chi connectivity index (χ0) is 59.0. The number of amides is 2. The van der Waals surface area contributed by atoms with Crippen molar-refractivity contribution in [3.63, 3.8) is 0 Å². The molecule has 8 atom stereocenters. The van der Waals surface area contributed by atoms with Crippen LogP contribution in [0.25, 0.3) is 11.2 Å². The molecule has 1 aliphatic heterocycles. The molecule has 462 valence electrons. The minimum atomic E-state index is -5.59. The maximum atomic E-state index is 12.8. The molecule has 0 aliphatic carbocycles. The summed E-state index contributed by atoms with van der Waals surface area (Å²) in [5.41, 5.74) is 4.27. The van der Waals surface area contributed by atoms with Crippen molar-refractivity contribution < 1.29 is 85.6 Å². The number of carbonyl (C=O) groups is 3. The van der Waals surface area contributed by atoms with Gasteiger partial charge in [0.25, 0.3) is 0 Å². The van der Waals surface area contributed by atoms with Gasteiger partial charge in [-0.15, -0.1) is 0 Å². The molecule has 0 saturated carbocycles. The van der Waals surface area contributed by atoms with Gasteiger partial charge < -0.3 is 56.0 Å². The number of nitrogens with one attached hydrogen (secondary N) is 2. The number of nitrogen functional groups attached to an aromatic ring is 1. The number of fused-ring (bicyclic) bond motifs is 1. The van der Waals surface area contributed by atoms with Gasteiger partial charge in [0.1, 0.15) is 36.3 Å². The number of ether oxygens (including phenoxy) is 1. The third kappa shape index (κ3) is 29.9. The van der Waals surface area contributed by atoms with Gasteiger partial charge >= 0.3 is 23.5 Å². The number of aliphatic hydroxyl groups excluding tert-OH is 3. The number of aliphatic hydroxyl groups is 3. The maximum absolute atomic E-state index is 12.8. The molecule has 2 aromatic rings. The molecule has 2 amide bonds. The first-order valence-electron chi connectivity index (χ1n) is 28.7. The molecule has 0 aromatic carbocycles. The van der Waals surface area contributed by atoms with Crippen molar-refractivity contribution in [2.75, 3.05) is 37.8 Å². The van der Waals surface area contributed by atoms with E-state index in [9.17, 15) is 63.0 Å². The Hall–Kier alpha value is -2.48. The molecule has 25 nitrogen and oxygen atoms in total. The zero-order valence-electron chi connectivity index (χ0n) is 47.2. The fraction of sp³-hybridized carbons (Fsp3) is 0.843. The lowest BCUT2D eigenvalue weighted by Crippen LogP contribution is -2.46. The SMILES string of the molecule is CCCCCCCCCCCCCCCCCCCCCCCCCCC[C@@H](O)CC(=O)SCCNC(=O)CCNC(=O)[C@H](O)C(C)(C)COP(=O)(O)OP(=O)(O)OC[C@H]1O[C@@H](n2cnc3c(N)ncnc32)[C@H](O)[C@@H]1OP(=O)(O)O. The monoisotopic (exact) mass is 1220 g/mol. The topological polar surface area (TPSA) is 384 Å². The van der Waals surface area contributed by atoms with Crippen LogP contribution >= 0.6 is 35.2 Å². The predicted molar refractivity (Wildman–Crippen MR) is 303 cm³/mol. The van der Waals surface area contributed by atoms with Crippen LogP contribution in [-0.2, 0) is 50.7 Å². The van der Waals surface area contributed by atoms with Gasteiger partial charge in [-0.05, 0) is 6.42 Å². The van der Waals surface area contributed by atoms with E-state index in [2.05, 4.69) is 41.3 Å². The molecule has 0 radical (unpaired) electrons. The van der Waals surface area contributed by atoms with Crippen molar-refractivity contribution in [1.29, 1.82) is 0 Å². The molecule has 11 N–H and O–H groups in total. The number of hydrogen-bond donors (Lipinski definition) is 10. The Bertz CT molecular complexity index is 2250. The van der Waals surface area contributed by atoms with E-state index >= 15 is 0 Å². The summed E-state index contributed by atoms with van der Waals surface area (Å²) in [6, 6.07) is 0. The number of unbranched alkanes of at least 4 members (excludes halogenated alkanes) is 24. The average Bonchev–Trinajstić information content (AvgIpc) is 3.95. The van der Waals surface area contributed by atoms with E-state index in [4.69, 9.17) is 19.5 Å². The number of rotatable bonds is 47. The molecular weight excluding hydrogens is 1120 g/mol. The van der Waals surface area contributed by atoms with E-state index in [1.807, 2.05) is 0 Å². The van der Waals surface area contributed by atoms with Crippen LogP contribution in [0.4, 0.5) is 5.82 Å². The van der Waals surface area contributed by atoms with Crippen molar-refractivity contribution in [2.24, 2.45) is 5.41 Å². The fourth-order valence-corrected chi connectivity index (χ4v) is 12.7. The molecule has 29 heteroatoms. The summed E-state index contributed by atoms with van der Waals surface area (Å²) in [5.74, 6) is -1.21. The van der Waals surface area contributed by atoms with Gasteiger partial charge in [0.05, 0.1) is 25.6 Å². The largest absolute Gasteiger partial charge is 0.481 e. The molecule has 80 heavy (non-hydrogen) atoms. The number of nitrogens with two attached hydrogens (primary N) is 1. The summed E-state index contributed by atoms with van der Waals surface area (Å²) in [6.07, 6.45) is 26.0. The summed E-state index contributed by atoms with van der Waals surface area (Å²) in [5, 5.41) is 36.8. The van der Waals surface area contributed by atoms with Gasteiger partial charge in [-0.3, -0.25) is 32.5 Å². The lowest BCUT2D eigenvalue weighted by Gasteiger charge is -2.30. The first-order valence-corrected chi connectivity index (χ1v) is 34.2. The highest BCUT2D eigenvalue weighted by molar-refractivity contribution is 8.13. The second-order valence-electron chi connectivity index (χ2n) is 21.4. The number of imidazole rings is 1. The van der Waals surface area contributed by atoms with Crippen molar-refractivity contribution in [2.45, 2.75) is 237 Å². The quantitative estimate of drug-likeness (QED) is 0.0219. The molecule has 3 heterocycles. The van der Waals surface area contributed by atoms with Crippen molar-refractivity contribution in [3.8, 4) is 0 Å². The standard InChI is InChI=1S/C51H94N7O18P3S/c1-4-5-6-7-8-9-10-11-12-13-14-15-16-17-18-19-20-21-22-23-24-25-26-27-28-29-39(59)34-42(61)80-33-32-53-41(60)30-31-54-49(64)46(63)51(2,3)36-73-79(70,71)76-78(68,69)72-35-40-45(75-77(65,66)67)44(62)50(74-40)58-38-57-43-47(52)55-37-56-48(43)58/h37-40,44-46,50,59,62-63H,4-36H2,1-3H3,(H,53,60)(H,54,64)(H,68,69)(H,70,71)(H2,52,55,56)(H2,65,66,67)/t39-,40-,44-,45-,46+,50-/m1/s1. The highest BCUT2D eigenvalue weighted by atomic mass is 32.2. The molecular formula is C51H94N7O18P3S. The number of hydrogen-bond acceptors (Lipinski definition) is 19. The molecule has 1 fully saturated rings. The summed E-state index contributed by atoms with van der Waals surface area (Å²) >= 11 is 1.01. The van der Waals surface area contributed by atoms with Gasteiger partial charge in [-0.25, -0.2) is 28.6 Å². The Labute approximate surface area is 476 Å². The van der Waals surface area contributed by atoms with Crippen LogP contribution in [0.2, 0.25) is 0 Å². The van der Waals surface area contributed by atoms with E-state index in [1.165, 1.54) is 155 Å². The predicted octanol–water partition coefficient (Wildman–Crippen LogP) is 8.58. The normalized spacial score (nSPS) is 19.2. The number of nitrogens with zero attached hydrogens (tertiary/aromatic N) is 4. The second-order valence-corrected chi connectivity index (χ2v) is 26.8. The molecule has 1 aliphatic rings. The van der Waals surface area contributed by atoms with Crippen molar-refractivity contribution >= 4 is 69.1 Å². The molecule has 2 aromatic heterocycles. The van der Waals surface area contributed by atoms with Gasteiger partial charge in [-0.1, -0.05) is 193 Å². The Morgan fingerprint density at radius 1 is 0.750 bits per heavy atom. The Kier molecular flexibility index (Phi) is 34.5. The van der Waals surface area contributed by atoms with Crippen LogP contribution in [0.3, 0.4) is 0 Å². The van der Waals surface area contributed by atoms with Crippen LogP contribution in [0, 0.1) is 5.41 Å². The first-order chi connectivity index (χ1) is 37.9. The third-order valence-electron chi connectivity index (χ3n) is 13.8. The number of anilines is 1. The number of carbonyl (C=O) groups excluding carboxylic acids is 3. The van der Waals surface area contributed by atoms with E-state index in [1.54, 1.807) is 0 Å². The number of phosphoric ester groups is 3. The summed E-state index contributed by atoms with van der Waals surface area (Å²) in [4.78, 5) is 88.8. The van der Waals surface area contributed by atoms with E-state index in [-0.39, 0.29) is 53.8 Å². The van der Waals surface area contributed by atoms with Crippen LogP contribution in [0.5, 0.6) is 0 Å². The molecule has 3 rings (SSSR count). The number of aromatic nitrogens is 4. The zero-order valence-corrected chi connectivity index (χ0v) is 50.7.